The van der Waals surface area contributed by atoms with Crippen molar-refractivity contribution >= 4 is 17.6 Å². The van der Waals surface area contributed by atoms with E-state index in [1.807, 2.05) is 6.07 Å². The Morgan fingerprint density at radius 1 is 1.14 bits per heavy atom. The van der Waals surface area contributed by atoms with Gasteiger partial charge in [0.1, 0.15) is 0 Å². The van der Waals surface area contributed by atoms with Gasteiger partial charge in [0, 0.05) is 5.70 Å². The lowest BCUT2D eigenvalue weighted by molar-refractivity contribution is -0.137. The molecule has 3 N–H and O–H groups in total. The average molecular weight is 400 g/mol. The molecule has 148 valence electrons. The molecule has 6 nitrogen and oxygen atoms in total. The number of allylic oxidation sites excluding steroid dienone is 1. The van der Waals surface area contributed by atoms with E-state index in [1.54, 1.807) is 12.1 Å². The fourth-order valence-corrected chi connectivity index (χ4v) is 3.02. The van der Waals surface area contributed by atoms with Gasteiger partial charge in [0.2, 0.25) is 0 Å². The third-order valence-electron chi connectivity index (χ3n) is 4.37. The monoisotopic (exact) mass is 400 g/mol. The van der Waals surface area contributed by atoms with Crippen molar-refractivity contribution in [3.8, 4) is 6.07 Å². The van der Waals surface area contributed by atoms with Crippen LogP contribution in [0.15, 0.2) is 59.8 Å². The summed E-state index contributed by atoms with van der Waals surface area (Å²) in [5.74, 6) is -0.791. The maximum absolute atomic E-state index is 13.2. The number of halogens is 3. The highest BCUT2D eigenvalue weighted by molar-refractivity contribution is 6.07. The summed E-state index contributed by atoms with van der Waals surface area (Å²) in [5, 5.41) is 16.3. The molecular weight excluding hydrogens is 385 g/mol. The fraction of sp³-hybridized carbons (Fsp3) is 0.150. The zero-order valence-corrected chi connectivity index (χ0v) is 15.1. The first-order chi connectivity index (χ1) is 13.7. The maximum Gasteiger partial charge on any atom is 0.418 e. The predicted octanol–water partition coefficient (Wildman–Crippen LogP) is 3.84. The Hall–Kier alpha value is -3.80. The molecule has 1 heterocycles. The minimum Gasteiger partial charge on any atom is -0.327 e. The van der Waals surface area contributed by atoms with E-state index >= 15 is 0 Å². The summed E-state index contributed by atoms with van der Waals surface area (Å²) in [4.78, 5) is 24.8. The normalized spacial score (nSPS) is 16.5. The smallest absolute Gasteiger partial charge is 0.327 e. The zero-order chi connectivity index (χ0) is 21.2. The number of hydrogen-bond acceptors (Lipinski definition) is 3. The van der Waals surface area contributed by atoms with Gasteiger partial charge in [-0.05, 0) is 36.8 Å². The number of rotatable bonds is 3. The van der Waals surface area contributed by atoms with Gasteiger partial charge in [-0.3, -0.25) is 4.79 Å². The lowest BCUT2D eigenvalue weighted by Crippen LogP contribution is -2.46. The van der Waals surface area contributed by atoms with Gasteiger partial charge in [0.05, 0.1) is 34.5 Å². The summed E-state index contributed by atoms with van der Waals surface area (Å²) in [5.41, 5.74) is -0.196. The number of hydrogen-bond donors (Lipinski definition) is 3. The molecule has 0 radical (unpaired) electrons. The average Bonchev–Trinajstić information content (AvgIpc) is 2.67. The number of anilines is 1. The minimum atomic E-state index is -4.64. The number of alkyl halides is 3. The molecule has 2 aromatic rings. The van der Waals surface area contributed by atoms with Crippen LogP contribution in [0.4, 0.5) is 23.7 Å². The second-order valence-electron chi connectivity index (χ2n) is 6.30. The van der Waals surface area contributed by atoms with Gasteiger partial charge in [-0.1, -0.05) is 24.3 Å². The molecule has 29 heavy (non-hydrogen) atoms. The van der Waals surface area contributed by atoms with E-state index < -0.39 is 29.7 Å². The molecule has 0 saturated carbocycles. The number of carbonyl (C=O) groups excluding carboxylic acids is 2. The van der Waals surface area contributed by atoms with Gasteiger partial charge in [0.25, 0.3) is 5.91 Å². The van der Waals surface area contributed by atoms with Crippen LogP contribution in [-0.4, -0.2) is 11.9 Å². The number of nitriles is 1. The maximum atomic E-state index is 13.2. The molecule has 2 aromatic carbocycles. The summed E-state index contributed by atoms with van der Waals surface area (Å²) < 4.78 is 39.7. The number of nitrogens with zero attached hydrogens (tertiary/aromatic N) is 1. The van der Waals surface area contributed by atoms with Crippen LogP contribution in [0.1, 0.15) is 29.7 Å². The Bertz CT molecular complexity index is 1040. The van der Waals surface area contributed by atoms with Crippen molar-refractivity contribution in [2.24, 2.45) is 0 Å². The molecule has 1 aliphatic rings. The number of urea groups is 1. The van der Waals surface area contributed by atoms with Crippen molar-refractivity contribution in [1.82, 2.24) is 10.6 Å². The van der Waals surface area contributed by atoms with Crippen LogP contribution in [0.2, 0.25) is 0 Å². The highest BCUT2D eigenvalue weighted by atomic mass is 19.4. The van der Waals surface area contributed by atoms with E-state index in [2.05, 4.69) is 16.0 Å². The van der Waals surface area contributed by atoms with Crippen molar-refractivity contribution in [3.05, 3.63) is 76.5 Å². The molecule has 0 aliphatic carbocycles. The Labute approximate surface area is 164 Å². The zero-order valence-electron chi connectivity index (χ0n) is 15.1. The molecule has 0 unspecified atom stereocenters. The van der Waals surface area contributed by atoms with Gasteiger partial charge in [-0.25, -0.2) is 4.79 Å². The summed E-state index contributed by atoms with van der Waals surface area (Å²) in [7, 11) is 0. The molecule has 3 amide bonds. The summed E-state index contributed by atoms with van der Waals surface area (Å²) in [6.07, 6.45) is -4.64. The van der Waals surface area contributed by atoms with Crippen LogP contribution in [0.25, 0.3) is 0 Å². The van der Waals surface area contributed by atoms with E-state index in [9.17, 15) is 22.8 Å². The highest BCUT2D eigenvalue weighted by Crippen LogP contribution is 2.35. The third kappa shape index (κ3) is 4.21. The number of benzene rings is 2. The molecule has 1 atom stereocenters. The summed E-state index contributed by atoms with van der Waals surface area (Å²) >= 11 is 0. The lowest BCUT2D eigenvalue weighted by Gasteiger charge is -2.29. The van der Waals surface area contributed by atoms with Gasteiger partial charge < -0.3 is 16.0 Å². The minimum absolute atomic E-state index is 0.0614. The molecule has 0 bridgehead atoms. The second-order valence-corrected chi connectivity index (χ2v) is 6.30. The van der Waals surface area contributed by atoms with Crippen molar-refractivity contribution in [3.63, 3.8) is 0 Å². The molecule has 9 heteroatoms. The predicted molar refractivity (Wildman–Crippen MR) is 98.3 cm³/mol. The molecule has 0 fully saturated rings. The molecular formula is C20H15F3N4O2. The molecule has 0 saturated heterocycles. The first-order valence-electron chi connectivity index (χ1n) is 8.46. The largest absolute Gasteiger partial charge is 0.418 e. The molecule has 3 rings (SSSR count). The van der Waals surface area contributed by atoms with Crippen LogP contribution in [0.3, 0.4) is 0 Å². The van der Waals surface area contributed by atoms with Gasteiger partial charge in [-0.15, -0.1) is 0 Å². The Morgan fingerprint density at radius 3 is 2.41 bits per heavy atom. The number of carbonyl (C=O) groups is 2. The van der Waals surface area contributed by atoms with Gasteiger partial charge in [-0.2, -0.15) is 18.4 Å². The number of amides is 3. The van der Waals surface area contributed by atoms with Gasteiger partial charge in [0.15, 0.2) is 0 Å². The molecule has 1 aliphatic heterocycles. The number of para-hydroxylation sites is 1. The number of nitrogens with one attached hydrogen (secondary N) is 3. The topological polar surface area (TPSA) is 94.0 Å². The third-order valence-corrected chi connectivity index (χ3v) is 4.37. The van der Waals surface area contributed by atoms with E-state index in [-0.39, 0.29) is 17.0 Å². The van der Waals surface area contributed by atoms with Crippen molar-refractivity contribution in [2.75, 3.05) is 5.32 Å². The van der Waals surface area contributed by atoms with Crippen molar-refractivity contribution < 1.29 is 22.8 Å². The van der Waals surface area contributed by atoms with Crippen molar-refractivity contribution in [2.45, 2.75) is 19.1 Å². The Kier molecular flexibility index (Phi) is 5.28. The first-order valence-corrected chi connectivity index (χ1v) is 8.46. The van der Waals surface area contributed by atoms with E-state index in [0.717, 1.165) is 12.1 Å². The standard InChI is InChI=1S/C20H15F3N4O2/c1-11-16(18(28)26-15-5-3-2-4-14(15)20(21,22)23)17(27-19(29)25-11)13-8-6-12(10-24)7-9-13/h2-9,17H,1H3,(H,26,28)(H2,25,27,29)/t17-/m0/s1. The van der Waals surface area contributed by atoms with E-state index in [1.165, 1.54) is 31.2 Å². The summed E-state index contributed by atoms with van der Waals surface area (Å²) in [6.45, 7) is 1.49. The fourth-order valence-electron chi connectivity index (χ4n) is 3.02. The van der Waals surface area contributed by atoms with Crippen LogP contribution < -0.4 is 16.0 Å². The van der Waals surface area contributed by atoms with Gasteiger partial charge >= 0.3 is 12.2 Å². The Morgan fingerprint density at radius 2 is 1.79 bits per heavy atom. The van der Waals surface area contributed by atoms with Crippen LogP contribution in [0.5, 0.6) is 0 Å². The van der Waals surface area contributed by atoms with Crippen LogP contribution in [0, 0.1) is 11.3 Å². The summed E-state index contributed by atoms with van der Waals surface area (Å²) in [6, 6.07) is 11.3. The van der Waals surface area contributed by atoms with E-state index in [4.69, 9.17) is 5.26 Å². The SMILES string of the molecule is CC1=C(C(=O)Nc2ccccc2C(F)(F)F)[C@H](c2ccc(C#N)cc2)NC(=O)N1. The lowest BCUT2D eigenvalue weighted by atomic mass is 9.94. The van der Waals surface area contributed by atoms with Crippen LogP contribution >= 0.6 is 0 Å². The molecule has 0 spiro atoms. The quantitative estimate of drug-likeness (QED) is 0.731. The Balaban J connectivity index is 1.98. The molecule has 0 aromatic heterocycles. The highest BCUT2D eigenvalue weighted by Gasteiger charge is 2.35. The van der Waals surface area contributed by atoms with Crippen molar-refractivity contribution in [1.29, 1.82) is 5.26 Å². The second kappa shape index (κ2) is 7.67. The first kappa shape index (κ1) is 19.9. The van der Waals surface area contributed by atoms with E-state index in [0.29, 0.717) is 11.1 Å². The van der Waals surface area contributed by atoms with Crippen LogP contribution in [-0.2, 0) is 11.0 Å².